The highest BCUT2D eigenvalue weighted by Gasteiger charge is 2.20. The molecule has 7 heteroatoms. The van der Waals surface area contributed by atoms with Crippen molar-refractivity contribution in [3.05, 3.63) is 76.3 Å². The van der Waals surface area contributed by atoms with E-state index in [0.29, 0.717) is 30.7 Å². The maximum Gasteiger partial charge on any atom is 0.261 e. The molecule has 1 amide bonds. The summed E-state index contributed by atoms with van der Waals surface area (Å²) in [6.07, 6.45) is 1.44. The summed E-state index contributed by atoms with van der Waals surface area (Å²) in [6.45, 7) is 5.75. The number of hydrogen-bond donors (Lipinski definition) is 1. The summed E-state index contributed by atoms with van der Waals surface area (Å²) in [5.74, 6) is -0.215. The molecule has 2 heterocycles. The standard InChI is InChI=1S/C23H26N4O3/c1-17-6-8-18(9-7-17)21(14-26-10-12-30-13-11-26)25-22(28)15-27-16-24-20-5-3-2-4-19(20)23(27)29/h2-9,16,21H,10-15H2,1H3,(H,25,28)/t21-/m0/s1. The van der Waals surface area contributed by atoms with Gasteiger partial charge in [0.2, 0.25) is 5.91 Å². The first-order valence-electron chi connectivity index (χ1n) is 10.2. The van der Waals surface area contributed by atoms with Crippen molar-refractivity contribution in [1.82, 2.24) is 19.8 Å². The molecule has 1 aliphatic rings. The number of hydrogen-bond acceptors (Lipinski definition) is 5. The average molecular weight is 406 g/mol. The first kappa shape index (κ1) is 20.3. The Kier molecular flexibility index (Phi) is 6.21. The van der Waals surface area contributed by atoms with E-state index in [2.05, 4.69) is 15.2 Å². The van der Waals surface area contributed by atoms with Crippen LogP contribution < -0.4 is 10.9 Å². The van der Waals surface area contributed by atoms with E-state index in [1.54, 1.807) is 18.2 Å². The van der Waals surface area contributed by atoms with E-state index in [0.717, 1.165) is 18.7 Å². The molecular formula is C23H26N4O3. The highest BCUT2D eigenvalue weighted by Crippen LogP contribution is 2.16. The molecule has 1 atom stereocenters. The van der Waals surface area contributed by atoms with Gasteiger partial charge in [0, 0.05) is 19.6 Å². The normalized spacial score (nSPS) is 15.8. The van der Waals surface area contributed by atoms with Gasteiger partial charge in [-0.2, -0.15) is 0 Å². The van der Waals surface area contributed by atoms with Crippen molar-refractivity contribution in [2.24, 2.45) is 0 Å². The Hall–Kier alpha value is -3.03. The minimum Gasteiger partial charge on any atom is -0.379 e. The van der Waals surface area contributed by atoms with Crippen LogP contribution in [0.4, 0.5) is 0 Å². The molecule has 0 bridgehead atoms. The third-order valence-corrected chi connectivity index (χ3v) is 5.40. The van der Waals surface area contributed by atoms with Gasteiger partial charge in [0.1, 0.15) is 6.54 Å². The van der Waals surface area contributed by atoms with Crippen molar-refractivity contribution in [2.45, 2.75) is 19.5 Å². The number of fused-ring (bicyclic) bond motifs is 1. The molecule has 0 radical (unpaired) electrons. The second-order valence-electron chi connectivity index (χ2n) is 7.64. The van der Waals surface area contributed by atoms with Crippen LogP contribution in [0.1, 0.15) is 17.2 Å². The lowest BCUT2D eigenvalue weighted by atomic mass is 10.0. The molecule has 156 valence electrons. The fraction of sp³-hybridized carbons (Fsp3) is 0.348. The van der Waals surface area contributed by atoms with Gasteiger partial charge in [-0.15, -0.1) is 0 Å². The molecule has 2 aromatic carbocycles. The highest BCUT2D eigenvalue weighted by molar-refractivity contribution is 5.79. The van der Waals surface area contributed by atoms with E-state index < -0.39 is 0 Å². The molecule has 1 saturated heterocycles. The summed E-state index contributed by atoms with van der Waals surface area (Å²) in [4.78, 5) is 32.1. The number of nitrogens with zero attached hydrogens (tertiary/aromatic N) is 3. The average Bonchev–Trinajstić information content (AvgIpc) is 2.77. The molecule has 3 aromatic rings. The van der Waals surface area contributed by atoms with E-state index in [-0.39, 0.29) is 24.1 Å². The Morgan fingerprint density at radius 3 is 2.63 bits per heavy atom. The Morgan fingerprint density at radius 1 is 1.13 bits per heavy atom. The summed E-state index contributed by atoms with van der Waals surface area (Å²) in [7, 11) is 0. The van der Waals surface area contributed by atoms with Crippen molar-refractivity contribution in [2.75, 3.05) is 32.8 Å². The summed E-state index contributed by atoms with van der Waals surface area (Å²) in [6, 6.07) is 15.2. The molecule has 30 heavy (non-hydrogen) atoms. The quantitative estimate of drug-likeness (QED) is 0.677. The molecule has 0 spiro atoms. The molecule has 1 aromatic heterocycles. The van der Waals surface area contributed by atoms with Crippen LogP contribution >= 0.6 is 0 Å². The van der Waals surface area contributed by atoms with Crippen molar-refractivity contribution in [3.63, 3.8) is 0 Å². The molecular weight excluding hydrogens is 380 g/mol. The summed E-state index contributed by atoms with van der Waals surface area (Å²) >= 11 is 0. The lowest BCUT2D eigenvalue weighted by molar-refractivity contribution is -0.122. The van der Waals surface area contributed by atoms with Gasteiger partial charge >= 0.3 is 0 Å². The number of aromatic nitrogens is 2. The lowest BCUT2D eigenvalue weighted by Crippen LogP contribution is -2.44. The summed E-state index contributed by atoms with van der Waals surface area (Å²) in [5.41, 5.74) is 2.63. The molecule has 1 fully saturated rings. The largest absolute Gasteiger partial charge is 0.379 e. The highest BCUT2D eigenvalue weighted by atomic mass is 16.5. The number of carbonyl (C=O) groups excluding carboxylic acids is 1. The van der Waals surface area contributed by atoms with E-state index in [4.69, 9.17) is 4.74 Å². The Labute approximate surface area is 175 Å². The predicted molar refractivity (Wildman–Crippen MR) is 115 cm³/mol. The number of aryl methyl sites for hydroxylation is 1. The third-order valence-electron chi connectivity index (χ3n) is 5.40. The number of morpholine rings is 1. The molecule has 1 aliphatic heterocycles. The van der Waals surface area contributed by atoms with E-state index in [1.807, 2.05) is 37.3 Å². The van der Waals surface area contributed by atoms with Crippen LogP contribution in [0.25, 0.3) is 10.9 Å². The Balaban J connectivity index is 1.51. The van der Waals surface area contributed by atoms with Crippen LogP contribution in [-0.4, -0.2) is 53.2 Å². The van der Waals surface area contributed by atoms with Gasteiger partial charge in [-0.1, -0.05) is 42.0 Å². The maximum absolute atomic E-state index is 12.9. The van der Waals surface area contributed by atoms with E-state index in [1.165, 1.54) is 16.5 Å². The van der Waals surface area contributed by atoms with Crippen molar-refractivity contribution < 1.29 is 9.53 Å². The minimum absolute atomic E-state index is 0.0673. The second-order valence-corrected chi connectivity index (χ2v) is 7.64. The van der Waals surface area contributed by atoms with Crippen LogP contribution in [0.3, 0.4) is 0 Å². The van der Waals surface area contributed by atoms with Gasteiger partial charge in [-0.05, 0) is 24.6 Å². The fourth-order valence-electron chi connectivity index (χ4n) is 3.69. The minimum atomic E-state index is -0.215. The van der Waals surface area contributed by atoms with Crippen molar-refractivity contribution in [3.8, 4) is 0 Å². The number of ether oxygens (including phenoxy) is 1. The molecule has 7 nitrogen and oxygen atoms in total. The monoisotopic (exact) mass is 406 g/mol. The van der Waals surface area contributed by atoms with Gasteiger partial charge in [-0.3, -0.25) is 19.1 Å². The zero-order chi connectivity index (χ0) is 20.9. The van der Waals surface area contributed by atoms with Gasteiger partial charge in [0.25, 0.3) is 5.56 Å². The van der Waals surface area contributed by atoms with E-state index in [9.17, 15) is 9.59 Å². The number of benzene rings is 2. The summed E-state index contributed by atoms with van der Waals surface area (Å²) in [5, 5.41) is 3.63. The number of carbonyl (C=O) groups is 1. The smallest absolute Gasteiger partial charge is 0.261 e. The van der Waals surface area contributed by atoms with Gasteiger partial charge in [-0.25, -0.2) is 4.98 Å². The number of nitrogens with one attached hydrogen (secondary N) is 1. The molecule has 1 N–H and O–H groups in total. The SMILES string of the molecule is Cc1ccc([C@H](CN2CCOCC2)NC(=O)Cn2cnc3ccccc3c2=O)cc1. The van der Waals surface area contributed by atoms with Crippen LogP contribution in [0.2, 0.25) is 0 Å². The third kappa shape index (κ3) is 4.75. The van der Waals surface area contributed by atoms with Crippen LogP contribution in [0, 0.1) is 6.92 Å². The van der Waals surface area contributed by atoms with Gasteiger partial charge < -0.3 is 10.1 Å². The molecule has 4 rings (SSSR count). The first-order chi connectivity index (χ1) is 14.6. The molecule has 0 saturated carbocycles. The number of para-hydroxylation sites is 1. The van der Waals surface area contributed by atoms with E-state index >= 15 is 0 Å². The zero-order valence-corrected chi connectivity index (χ0v) is 17.1. The van der Waals surface area contributed by atoms with Gasteiger partial charge in [0.05, 0.1) is 36.5 Å². The Morgan fingerprint density at radius 2 is 1.87 bits per heavy atom. The van der Waals surface area contributed by atoms with Crippen LogP contribution in [0.5, 0.6) is 0 Å². The number of amides is 1. The second kappa shape index (κ2) is 9.19. The molecule has 0 aliphatic carbocycles. The topological polar surface area (TPSA) is 76.5 Å². The molecule has 0 unspecified atom stereocenters. The van der Waals surface area contributed by atoms with Crippen LogP contribution in [-0.2, 0) is 16.1 Å². The number of rotatable bonds is 6. The van der Waals surface area contributed by atoms with Crippen molar-refractivity contribution >= 4 is 16.8 Å². The maximum atomic E-state index is 12.9. The predicted octanol–water partition coefficient (Wildman–Crippen LogP) is 1.89. The van der Waals surface area contributed by atoms with Crippen molar-refractivity contribution in [1.29, 1.82) is 0 Å². The zero-order valence-electron chi connectivity index (χ0n) is 17.1. The fourth-order valence-corrected chi connectivity index (χ4v) is 3.69. The Bertz CT molecular complexity index is 1070. The van der Waals surface area contributed by atoms with Gasteiger partial charge in [0.15, 0.2) is 0 Å². The lowest BCUT2D eigenvalue weighted by Gasteiger charge is -2.31. The first-order valence-corrected chi connectivity index (χ1v) is 10.2. The van der Waals surface area contributed by atoms with Crippen LogP contribution in [0.15, 0.2) is 59.7 Å². The summed E-state index contributed by atoms with van der Waals surface area (Å²) < 4.78 is 6.80.